The van der Waals surface area contributed by atoms with Crippen LogP contribution in [-0.4, -0.2) is 35.9 Å². The number of sulfonamides is 1. The van der Waals surface area contributed by atoms with Crippen molar-refractivity contribution < 1.29 is 13.2 Å². The van der Waals surface area contributed by atoms with Crippen LogP contribution in [-0.2, 0) is 27.8 Å². The van der Waals surface area contributed by atoms with E-state index in [0.717, 1.165) is 22.8 Å². The molecule has 6 nitrogen and oxygen atoms in total. The number of aromatic nitrogens is 1. The van der Waals surface area contributed by atoms with E-state index in [1.807, 2.05) is 48.5 Å². The van der Waals surface area contributed by atoms with Gasteiger partial charge in [0.2, 0.25) is 15.9 Å². The third-order valence-corrected chi connectivity index (χ3v) is 6.06. The number of carbonyl (C=O) groups excluding carboxylic acids is 1. The predicted molar refractivity (Wildman–Crippen MR) is 105 cm³/mol. The largest absolute Gasteiger partial charge is 0.323 e. The Hall–Kier alpha value is -2.77. The quantitative estimate of drug-likeness (QED) is 0.756. The number of hydrogen-bond acceptors (Lipinski definition) is 4. The molecule has 4 rings (SSSR count). The highest BCUT2D eigenvalue weighted by Crippen LogP contribution is 2.27. The lowest BCUT2D eigenvalue weighted by atomic mass is 9.95. The lowest BCUT2D eigenvalue weighted by molar-refractivity contribution is -0.120. The summed E-state index contributed by atoms with van der Waals surface area (Å²) in [6, 6.07) is 16.1. The zero-order valence-corrected chi connectivity index (χ0v) is 15.6. The third-order valence-electron chi connectivity index (χ3n) is 4.82. The van der Waals surface area contributed by atoms with Gasteiger partial charge in [0, 0.05) is 18.1 Å². The van der Waals surface area contributed by atoms with Crippen LogP contribution in [0.25, 0.3) is 10.9 Å². The second-order valence-electron chi connectivity index (χ2n) is 6.67. The number of rotatable bonds is 3. The molecule has 0 saturated heterocycles. The summed E-state index contributed by atoms with van der Waals surface area (Å²) < 4.78 is 25.9. The van der Waals surface area contributed by atoms with Gasteiger partial charge in [-0.15, -0.1) is 0 Å². The van der Waals surface area contributed by atoms with Crippen LogP contribution in [0.1, 0.15) is 11.1 Å². The SMILES string of the molecule is CS(=O)(=O)N1Cc2ccccc2C[C@H]1C(=O)Nc1cccc2cccnc12. The van der Waals surface area contributed by atoms with E-state index in [9.17, 15) is 13.2 Å². The van der Waals surface area contributed by atoms with Crippen molar-refractivity contribution in [3.63, 3.8) is 0 Å². The number of nitrogens with one attached hydrogen (secondary N) is 1. The van der Waals surface area contributed by atoms with Crippen LogP contribution in [0.2, 0.25) is 0 Å². The van der Waals surface area contributed by atoms with E-state index < -0.39 is 16.1 Å². The van der Waals surface area contributed by atoms with E-state index in [-0.39, 0.29) is 12.5 Å². The van der Waals surface area contributed by atoms with Crippen LogP contribution in [0.3, 0.4) is 0 Å². The zero-order valence-electron chi connectivity index (χ0n) is 14.8. The van der Waals surface area contributed by atoms with Crippen LogP contribution in [0.4, 0.5) is 5.69 Å². The first-order chi connectivity index (χ1) is 12.9. The molecule has 1 amide bonds. The maximum absolute atomic E-state index is 13.0. The van der Waals surface area contributed by atoms with Crippen molar-refractivity contribution in [1.82, 2.24) is 9.29 Å². The van der Waals surface area contributed by atoms with Gasteiger partial charge in [0.25, 0.3) is 0 Å². The molecule has 138 valence electrons. The molecule has 0 unspecified atom stereocenters. The molecule has 2 aromatic carbocycles. The van der Waals surface area contributed by atoms with E-state index in [1.54, 1.807) is 12.3 Å². The Morgan fingerprint density at radius 2 is 1.81 bits per heavy atom. The van der Waals surface area contributed by atoms with Gasteiger partial charge in [0.05, 0.1) is 17.5 Å². The molecule has 1 aliphatic rings. The average Bonchev–Trinajstić information content (AvgIpc) is 2.66. The molecule has 27 heavy (non-hydrogen) atoms. The summed E-state index contributed by atoms with van der Waals surface area (Å²) >= 11 is 0. The van der Waals surface area contributed by atoms with Gasteiger partial charge in [-0.25, -0.2) is 8.42 Å². The Morgan fingerprint density at radius 1 is 1.07 bits per heavy atom. The van der Waals surface area contributed by atoms with Crippen molar-refractivity contribution in [2.24, 2.45) is 0 Å². The summed E-state index contributed by atoms with van der Waals surface area (Å²) in [5.41, 5.74) is 3.17. The number of fused-ring (bicyclic) bond motifs is 2. The van der Waals surface area contributed by atoms with Crippen LogP contribution >= 0.6 is 0 Å². The van der Waals surface area contributed by atoms with Gasteiger partial charge >= 0.3 is 0 Å². The number of pyridine rings is 1. The van der Waals surface area contributed by atoms with Crippen LogP contribution < -0.4 is 5.32 Å². The van der Waals surface area contributed by atoms with E-state index in [1.165, 1.54) is 4.31 Å². The van der Waals surface area contributed by atoms with Gasteiger partial charge in [-0.3, -0.25) is 9.78 Å². The fourth-order valence-electron chi connectivity index (χ4n) is 3.49. The molecule has 1 aromatic heterocycles. The molecule has 0 radical (unpaired) electrons. The minimum atomic E-state index is -3.54. The van der Waals surface area contributed by atoms with Crippen molar-refractivity contribution in [3.05, 3.63) is 71.9 Å². The van der Waals surface area contributed by atoms with Crippen molar-refractivity contribution in [2.45, 2.75) is 19.0 Å². The monoisotopic (exact) mass is 381 g/mol. The molecule has 0 spiro atoms. The van der Waals surface area contributed by atoms with Gasteiger partial charge in [-0.2, -0.15) is 4.31 Å². The molecule has 7 heteroatoms. The van der Waals surface area contributed by atoms with Crippen LogP contribution in [0.15, 0.2) is 60.8 Å². The topological polar surface area (TPSA) is 79.4 Å². The number of benzene rings is 2. The van der Waals surface area contributed by atoms with Crippen LogP contribution in [0, 0.1) is 0 Å². The average molecular weight is 381 g/mol. The molecule has 1 aliphatic heterocycles. The highest BCUT2D eigenvalue weighted by Gasteiger charge is 2.36. The van der Waals surface area contributed by atoms with Crippen molar-refractivity contribution >= 4 is 32.5 Å². The summed E-state index contributed by atoms with van der Waals surface area (Å²) in [4.78, 5) is 17.4. The van der Waals surface area contributed by atoms with Gasteiger partial charge in [0.15, 0.2) is 0 Å². The van der Waals surface area contributed by atoms with Crippen molar-refractivity contribution in [2.75, 3.05) is 11.6 Å². The number of amides is 1. The summed E-state index contributed by atoms with van der Waals surface area (Å²) in [7, 11) is -3.54. The van der Waals surface area contributed by atoms with Crippen molar-refractivity contribution in [3.8, 4) is 0 Å². The molecule has 2 heterocycles. The Labute approximate surface area is 157 Å². The Balaban J connectivity index is 1.69. The normalized spacial score (nSPS) is 17.4. The number of nitrogens with zero attached hydrogens (tertiary/aromatic N) is 2. The summed E-state index contributed by atoms with van der Waals surface area (Å²) in [5.74, 6) is -0.354. The standard InChI is InChI=1S/C20H19N3O3S/c1-27(25,26)23-13-16-7-3-2-6-15(16)12-18(23)20(24)22-17-10-4-8-14-9-5-11-21-19(14)17/h2-11,18H,12-13H2,1H3,(H,22,24)/t18-/m0/s1. The van der Waals surface area contributed by atoms with E-state index in [2.05, 4.69) is 10.3 Å². The number of carbonyl (C=O) groups is 1. The maximum atomic E-state index is 13.0. The summed E-state index contributed by atoms with van der Waals surface area (Å²) in [6.07, 6.45) is 3.14. The van der Waals surface area contributed by atoms with E-state index in [4.69, 9.17) is 0 Å². The fourth-order valence-corrected chi connectivity index (χ4v) is 4.50. The second kappa shape index (κ2) is 6.75. The molecule has 3 aromatic rings. The molecule has 0 saturated carbocycles. The summed E-state index contributed by atoms with van der Waals surface area (Å²) in [5, 5.41) is 3.79. The number of hydrogen-bond donors (Lipinski definition) is 1. The Kier molecular flexibility index (Phi) is 4.41. The Bertz CT molecular complexity index is 1120. The summed E-state index contributed by atoms with van der Waals surface area (Å²) in [6.45, 7) is 0.195. The minimum Gasteiger partial charge on any atom is -0.323 e. The van der Waals surface area contributed by atoms with Crippen molar-refractivity contribution in [1.29, 1.82) is 0 Å². The predicted octanol–water partition coefficient (Wildman–Crippen LogP) is 2.56. The third kappa shape index (κ3) is 3.43. The molecule has 0 bridgehead atoms. The Morgan fingerprint density at radius 3 is 2.59 bits per heavy atom. The molecule has 0 fully saturated rings. The van der Waals surface area contributed by atoms with E-state index in [0.29, 0.717) is 17.6 Å². The lowest BCUT2D eigenvalue weighted by Gasteiger charge is -2.34. The highest BCUT2D eigenvalue weighted by molar-refractivity contribution is 7.88. The smallest absolute Gasteiger partial charge is 0.243 e. The lowest BCUT2D eigenvalue weighted by Crippen LogP contribution is -2.50. The van der Waals surface area contributed by atoms with Gasteiger partial charge < -0.3 is 5.32 Å². The highest BCUT2D eigenvalue weighted by atomic mass is 32.2. The van der Waals surface area contributed by atoms with Crippen LogP contribution in [0.5, 0.6) is 0 Å². The number of anilines is 1. The molecular weight excluding hydrogens is 362 g/mol. The molecular formula is C20H19N3O3S. The fraction of sp³-hybridized carbons (Fsp3) is 0.200. The zero-order chi connectivity index (χ0) is 19.0. The molecule has 0 aliphatic carbocycles. The molecule has 1 N–H and O–H groups in total. The molecule has 1 atom stereocenters. The maximum Gasteiger partial charge on any atom is 0.243 e. The number of para-hydroxylation sites is 1. The van der Waals surface area contributed by atoms with E-state index >= 15 is 0 Å². The first-order valence-electron chi connectivity index (χ1n) is 8.62. The minimum absolute atomic E-state index is 0.195. The first-order valence-corrected chi connectivity index (χ1v) is 10.5. The second-order valence-corrected chi connectivity index (χ2v) is 8.60. The van der Waals surface area contributed by atoms with Gasteiger partial charge in [0.1, 0.15) is 6.04 Å². The first kappa shape index (κ1) is 17.6. The van der Waals surface area contributed by atoms with Gasteiger partial charge in [-0.1, -0.05) is 42.5 Å². The van der Waals surface area contributed by atoms with Gasteiger partial charge in [-0.05, 0) is 29.7 Å².